The van der Waals surface area contributed by atoms with Crippen molar-refractivity contribution in [2.75, 3.05) is 26.3 Å². The molecule has 4 nitrogen and oxygen atoms in total. The first kappa shape index (κ1) is 12.0. The number of nitrogens with one attached hydrogen (secondary N) is 1. The lowest BCUT2D eigenvalue weighted by atomic mass is 10.0. The maximum atomic E-state index is 6.14. The zero-order valence-corrected chi connectivity index (χ0v) is 10.5. The topological polar surface area (TPSA) is 60.2 Å². The minimum atomic E-state index is -0.154. The Morgan fingerprint density at radius 3 is 3.19 bits per heavy atom. The fraction of sp³-hybridized carbons (Fsp3) is 0.727. The van der Waals surface area contributed by atoms with Gasteiger partial charge in [-0.15, -0.1) is 11.3 Å². The van der Waals surface area contributed by atoms with Crippen LogP contribution in [0.1, 0.15) is 17.1 Å². The molecule has 0 aromatic carbocycles. The summed E-state index contributed by atoms with van der Waals surface area (Å²) >= 11 is 1.72. The van der Waals surface area contributed by atoms with Gasteiger partial charge in [0.2, 0.25) is 0 Å². The molecule has 0 amide bonds. The van der Waals surface area contributed by atoms with Crippen molar-refractivity contribution in [3.05, 3.63) is 16.1 Å². The molecule has 16 heavy (non-hydrogen) atoms. The molecular weight excluding hydrogens is 222 g/mol. The van der Waals surface area contributed by atoms with E-state index >= 15 is 0 Å². The van der Waals surface area contributed by atoms with E-state index < -0.39 is 0 Å². The third kappa shape index (κ3) is 3.25. The van der Waals surface area contributed by atoms with Crippen LogP contribution in [0.4, 0.5) is 0 Å². The quantitative estimate of drug-likeness (QED) is 0.745. The van der Waals surface area contributed by atoms with Crippen molar-refractivity contribution in [2.24, 2.45) is 5.73 Å². The third-order valence-corrected chi connectivity index (χ3v) is 3.82. The summed E-state index contributed by atoms with van der Waals surface area (Å²) in [4.78, 5) is 4.42. The van der Waals surface area contributed by atoms with Crippen LogP contribution in [0.3, 0.4) is 0 Å². The van der Waals surface area contributed by atoms with E-state index in [9.17, 15) is 0 Å². The lowest BCUT2D eigenvalue weighted by Gasteiger charge is -2.21. The summed E-state index contributed by atoms with van der Waals surface area (Å²) in [7, 11) is 0. The Balaban J connectivity index is 1.65. The van der Waals surface area contributed by atoms with Crippen LogP contribution in [-0.4, -0.2) is 36.8 Å². The molecule has 1 aromatic heterocycles. The van der Waals surface area contributed by atoms with E-state index in [1.165, 1.54) is 5.01 Å². The van der Waals surface area contributed by atoms with Crippen LogP contribution >= 0.6 is 11.3 Å². The van der Waals surface area contributed by atoms with Crippen molar-refractivity contribution in [3.63, 3.8) is 0 Å². The zero-order chi connectivity index (χ0) is 11.4. The lowest BCUT2D eigenvalue weighted by molar-refractivity contribution is 0.177. The number of thiazole rings is 1. The van der Waals surface area contributed by atoms with Crippen LogP contribution in [0, 0.1) is 6.92 Å². The smallest absolute Gasteiger partial charge is 0.0940 e. The Labute approximate surface area is 100 Å². The van der Waals surface area contributed by atoms with Gasteiger partial charge in [-0.05, 0) is 13.3 Å². The minimum absolute atomic E-state index is 0.154. The molecule has 1 aromatic rings. The number of nitrogens with two attached hydrogens (primary N) is 1. The van der Waals surface area contributed by atoms with Crippen LogP contribution < -0.4 is 11.1 Å². The maximum Gasteiger partial charge on any atom is 0.0940 e. The summed E-state index contributed by atoms with van der Waals surface area (Å²) < 4.78 is 5.30. The second-order valence-electron chi connectivity index (χ2n) is 4.47. The average molecular weight is 241 g/mol. The summed E-state index contributed by atoms with van der Waals surface area (Å²) in [5.74, 6) is 0. The molecule has 0 aliphatic carbocycles. The van der Waals surface area contributed by atoms with E-state index in [1.54, 1.807) is 11.3 Å². The number of hydrogen-bond acceptors (Lipinski definition) is 5. The fourth-order valence-corrected chi connectivity index (χ4v) is 2.59. The van der Waals surface area contributed by atoms with Gasteiger partial charge >= 0.3 is 0 Å². The van der Waals surface area contributed by atoms with E-state index in [-0.39, 0.29) is 5.54 Å². The SMILES string of the molecule is Cc1csc(CCNCC2(N)CCOC2)n1. The van der Waals surface area contributed by atoms with Gasteiger partial charge in [-0.1, -0.05) is 0 Å². The highest BCUT2D eigenvalue weighted by Crippen LogP contribution is 2.14. The van der Waals surface area contributed by atoms with Crippen LogP contribution in [-0.2, 0) is 11.2 Å². The molecular formula is C11H19N3OS. The number of rotatable bonds is 5. The number of aromatic nitrogens is 1. The molecule has 1 unspecified atom stereocenters. The Morgan fingerprint density at radius 2 is 2.56 bits per heavy atom. The molecule has 2 rings (SSSR count). The van der Waals surface area contributed by atoms with Gasteiger partial charge in [0.25, 0.3) is 0 Å². The molecule has 1 fully saturated rings. The van der Waals surface area contributed by atoms with Gasteiger partial charge in [-0.25, -0.2) is 4.98 Å². The monoisotopic (exact) mass is 241 g/mol. The largest absolute Gasteiger partial charge is 0.379 e. The zero-order valence-electron chi connectivity index (χ0n) is 9.66. The summed E-state index contributed by atoms with van der Waals surface area (Å²) in [6.07, 6.45) is 1.94. The molecule has 0 bridgehead atoms. The summed E-state index contributed by atoms with van der Waals surface area (Å²) in [6.45, 7) is 5.27. The van der Waals surface area contributed by atoms with Crippen molar-refractivity contribution in [3.8, 4) is 0 Å². The third-order valence-electron chi connectivity index (χ3n) is 2.79. The minimum Gasteiger partial charge on any atom is -0.379 e. The van der Waals surface area contributed by atoms with E-state index in [0.29, 0.717) is 6.61 Å². The number of nitrogens with zero attached hydrogens (tertiary/aromatic N) is 1. The van der Waals surface area contributed by atoms with Gasteiger partial charge in [0, 0.05) is 37.2 Å². The van der Waals surface area contributed by atoms with Gasteiger partial charge in [-0.2, -0.15) is 0 Å². The Kier molecular flexibility index (Phi) is 3.91. The number of aryl methyl sites for hydroxylation is 1. The molecule has 5 heteroatoms. The van der Waals surface area contributed by atoms with Crippen molar-refractivity contribution in [1.82, 2.24) is 10.3 Å². The van der Waals surface area contributed by atoms with Gasteiger partial charge in [0.1, 0.15) is 0 Å². The number of ether oxygens (including phenoxy) is 1. The first-order valence-corrected chi connectivity index (χ1v) is 6.54. The van der Waals surface area contributed by atoms with Gasteiger partial charge in [0.15, 0.2) is 0 Å². The van der Waals surface area contributed by atoms with Crippen LogP contribution in [0.15, 0.2) is 5.38 Å². The average Bonchev–Trinajstić information content (AvgIpc) is 2.84. The van der Waals surface area contributed by atoms with Gasteiger partial charge in [0.05, 0.1) is 17.2 Å². The van der Waals surface area contributed by atoms with E-state index in [4.69, 9.17) is 10.5 Å². The molecule has 3 N–H and O–H groups in total. The van der Waals surface area contributed by atoms with Crippen LogP contribution in [0.25, 0.3) is 0 Å². The van der Waals surface area contributed by atoms with Gasteiger partial charge < -0.3 is 15.8 Å². The molecule has 0 saturated carbocycles. The summed E-state index contributed by atoms with van der Waals surface area (Å²) in [5.41, 5.74) is 7.10. The van der Waals surface area contributed by atoms with Crippen molar-refractivity contribution in [1.29, 1.82) is 0 Å². The van der Waals surface area contributed by atoms with E-state index in [0.717, 1.165) is 38.2 Å². The van der Waals surface area contributed by atoms with Crippen LogP contribution in [0.2, 0.25) is 0 Å². The predicted molar refractivity (Wildman–Crippen MR) is 65.8 cm³/mol. The standard InChI is InChI=1S/C11H19N3OS/c1-9-6-16-10(14-9)2-4-13-7-11(12)3-5-15-8-11/h6,13H,2-5,7-8,12H2,1H3. The fourth-order valence-electron chi connectivity index (χ4n) is 1.81. The van der Waals surface area contributed by atoms with E-state index in [1.807, 2.05) is 6.92 Å². The normalized spacial score (nSPS) is 25.1. The highest BCUT2D eigenvalue weighted by molar-refractivity contribution is 7.09. The molecule has 1 atom stereocenters. The molecule has 1 aliphatic heterocycles. The van der Waals surface area contributed by atoms with Gasteiger partial charge in [-0.3, -0.25) is 0 Å². The second kappa shape index (κ2) is 5.23. The summed E-state index contributed by atoms with van der Waals surface area (Å²) in [5, 5.41) is 6.67. The molecule has 1 aliphatic rings. The first-order valence-electron chi connectivity index (χ1n) is 5.66. The van der Waals surface area contributed by atoms with Crippen molar-refractivity contribution < 1.29 is 4.74 Å². The summed E-state index contributed by atoms with van der Waals surface area (Å²) in [6, 6.07) is 0. The highest BCUT2D eigenvalue weighted by atomic mass is 32.1. The Hall–Kier alpha value is -0.490. The maximum absolute atomic E-state index is 6.14. The Bertz CT molecular complexity index is 334. The van der Waals surface area contributed by atoms with Crippen molar-refractivity contribution >= 4 is 11.3 Å². The molecule has 1 saturated heterocycles. The lowest BCUT2D eigenvalue weighted by Crippen LogP contribution is -2.49. The molecule has 2 heterocycles. The highest BCUT2D eigenvalue weighted by Gasteiger charge is 2.29. The second-order valence-corrected chi connectivity index (χ2v) is 5.42. The van der Waals surface area contributed by atoms with Crippen molar-refractivity contribution in [2.45, 2.75) is 25.3 Å². The molecule has 0 radical (unpaired) electrons. The molecule has 0 spiro atoms. The van der Waals surface area contributed by atoms with Crippen LogP contribution in [0.5, 0.6) is 0 Å². The van der Waals surface area contributed by atoms with E-state index in [2.05, 4.69) is 15.7 Å². The Morgan fingerprint density at radius 1 is 1.69 bits per heavy atom. The molecule has 90 valence electrons. The first-order chi connectivity index (χ1) is 7.68. The number of hydrogen-bond donors (Lipinski definition) is 2. The predicted octanol–water partition coefficient (Wildman–Crippen LogP) is 0.701.